The van der Waals surface area contributed by atoms with Crippen LogP contribution < -0.4 is 10.2 Å². The van der Waals surface area contributed by atoms with Crippen LogP contribution in [0.15, 0.2) is 58.8 Å². The third-order valence-electron chi connectivity index (χ3n) is 7.27. The van der Waals surface area contributed by atoms with Crippen molar-refractivity contribution < 1.29 is 22.7 Å². The third kappa shape index (κ3) is 5.77. The largest absolute Gasteiger partial charge is 0.372 e. The van der Waals surface area contributed by atoms with Gasteiger partial charge in [0.2, 0.25) is 5.91 Å². The lowest BCUT2D eigenvalue weighted by Crippen LogP contribution is -2.56. The zero-order valence-corrected chi connectivity index (χ0v) is 24.7. The summed E-state index contributed by atoms with van der Waals surface area (Å²) in [5.41, 5.74) is 3.07. The van der Waals surface area contributed by atoms with Gasteiger partial charge in [0.15, 0.2) is 15.0 Å². The fourth-order valence-corrected chi connectivity index (χ4v) is 6.88. The number of likely N-dealkylation sites (tertiary alicyclic amines) is 1. The summed E-state index contributed by atoms with van der Waals surface area (Å²) in [4.78, 5) is 34.8. The first-order valence-corrected chi connectivity index (χ1v) is 15.9. The number of rotatable bonds is 7. The molecule has 3 aromatic rings. The Bertz CT molecular complexity index is 1510. The van der Waals surface area contributed by atoms with Crippen LogP contribution in [-0.4, -0.2) is 73.3 Å². The van der Waals surface area contributed by atoms with Gasteiger partial charge in [-0.15, -0.1) is 11.3 Å². The van der Waals surface area contributed by atoms with Crippen molar-refractivity contribution in [3.8, 4) is 11.3 Å². The van der Waals surface area contributed by atoms with Crippen LogP contribution in [-0.2, 0) is 19.4 Å². The number of amides is 2. The first kappa shape index (κ1) is 28.3. The smallest absolute Gasteiger partial charge is 0.254 e. The maximum Gasteiger partial charge on any atom is 0.254 e. The fraction of sp³-hybridized carbons (Fsp3) is 0.414. The van der Waals surface area contributed by atoms with E-state index in [0.717, 1.165) is 30.0 Å². The summed E-state index contributed by atoms with van der Waals surface area (Å²) in [6, 6.07) is 13.6. The van der Waals surface area contributed by atoms with E-state index in [1.165, 1.54) is 28.4 Å². The van der Waals surface area contributed by atoms with Gasteiger partial charge < -0.3 is 19.9 Å². The first-order chi connectivity index (χ1) is 19.0. The Balaban J connectivity index is 1.25. The van der Waals surface area contributed by atoms with Gasteiger partial charge in [0, 0.05) is 41.8 Å². The SMILES string of the molecule is CC(C)S(=O)(=O)c1cccc(C(=O)N2CC[C@H]2C(=O)Nc2nc(-c3cccc(N4C[C@@H](C)O[C@@H](C)C4)c3)cs2)c1. The van der Waals surface area contributed by atoms with E-state index >= 15 is 0 Å². The summed E-state index contributed by atoms with van der Waals surface area (Å²) in [5, 5.41) is 4.63. The number of thiazole rings is 1. The van der Waals surface area contributed by atoms with E-state index in [1.54, 1.807) is 26.0 Å². The number of carbonyl (C=O) groups excluding carboxylic acids is 2. The molecule has 2 aliphatic heterocycles. The van der Waals surface area contributed by atoms with Gasteiger partial charge in [0.25, 0.3) is 5.91 Å². The van der Waals surface area contributed by atoms with Crippen LogP contribution in [0, 0.1) is 0 Å². The Morgan fingerprint density at radius 1 is 1.07 bits per heavy atom. The van der Waals surface area contributed by atoms with Gasteiger partial charge in [-0.05, 0) is 64.4 Å². The second-order valence-electron chi connectivity index (χ2n) is 10.7. The minimum atomic E-state index is -3.52. The normalized spacial score (nSPS) is 21.3. The minimum Gasteiger partial charge on any atom is -0.372 e. The van der Waals surface area contributed by atoms with Gasteiger partial charge in [0.1, 0.15) is 6.04 Å². The predicted octanol–water partition coefficient (Wildman–Crippen LogP) is 4.46. The molecule has 2 saturated heterocycles. The Kier molecular flexibility index (Phi) is 7.98. The number of anilines is 2. The number of morpholine rings is 1. The Morgan fingerprint density at radius 3 is 2.48 bits per heavy atom. The first-order valence-electron chi connectivity index (χ1n) is 13.4. The molecule has 11 heteroatoms. The quantitative estimate of drug-likeness (QED) is 0.438. The average molecular weight is 583 g/mol. The van der Waals surface area contributed by atoms with Crippen LogP contribution in [0.4, 0.5) is 10.8 Å². The van der Waals surface area contributed by atoms with Crippen molar-refractivity contribution in [3.63, 3.8) is 0 Å². The van der Waals surface area contributed by atoms with Crippen molar-refractivity contribution in [2.24, 2.45) is 0 Å². The number of aromatic nitrogens is 1. The van der Waals surface area contributed by atoms with Crippen molar-refractivity contribution in [2.75, 3.05) is 29.9 Å². The molecule has 0 bridgehead atoms. The monoisotopic (exact) mass is 582 g/mol. The van der Waals surface area contributed by atoms with Crippen LogP contribution >= 0.6 is 11.3 Å². The number of nitrogens with zero attached hydrogens (tertiary/aromatic N) is 3. The highest BCUT2D eigenvalue weighted by molar-refractivity contribution is 7.92. The van der Waals surface area contributed by atoms with Gasteiger partial charge >= 0.3 is 0 Å². The molecule has 5 rings (SSSR count). The molecule has 0 aliphatic carbocycles. The molecular formula is C29H34N4O5S2. The molecular weight excluding hydrogens is 548 g/mol. The number of hydrogen-bond acceptors (Lipinski definition) is 8. The number of carbonyl (C=O) groups is 2. The molecule has 40 heavy (non-hydrogen) atoms. The van der Waals surface area contributed by atoms with E-state index in [1.807, 2.05) is 17.5 Å². The molecule has 0 unspecified atom stereocenters. The predicted molar refractivity (Wildman–Crippen MR) is 157 cm³/mol. The lowest BCUT2D eigenvalue weighted by molar-refractivity contribution is -0.123. The maximum atomic E-state index is 13.2. The van der Waals surface area contributed by atoms with Gasteiger partial charge in [-0.2, -0.15) is 0 Å². The second-order valence-corrected chi connectivity index (χ2v) is 14.0. The molecule has 212 valence electrons. The lowest BCUT2D eigenvalue weighted by Gasteiger charge is -2.39. The molecule has 3 atom stereocenters. The highest BCUT2D eigenvalue weighted by Gasteiger charge is 2.38. The molecule has 3 heterocycles. The number of benzene rings is 2. The van der Waals surface area contributed by atoms with Gasteiger partial charge in [0.05, 0.1) is 28.0 Å². The van der Waals surface area contributed by atoms with Crippen LogP contribution in [0.25, 0.3) is 11.3 Å². The highest BCUT2D eigenvalue weighted by atomic mass is 32.2. The van der Waals surface area contributed by atoms with E-state index in [0.29, 0.717) is 18.1 Å². The van der Waals surface area contributed by atoms with E-state index < -0.39 is 21.1 Å². The summed E-state index contributed by atoms with van der Waals surface area (Å²) >= 11 is 1.33. The van der Waals surface area contributed by atoms with E-state index in [-0.39, 0.29) is 34.5 Å². The molecule has 2 fully saturated rings. The molecule has 0 radical (unpaired) electrons. The summed E-state index contributed by atoms with van der Waals surface area (Å²) in [6.07, 6.45) is 0.838. The lowest BCUT2D eigenvalue weighted by atomic mass is 10.0. The Hall–Kier alpha value is -3.28. The Morgan fingerprint density at radius 2 is 1.80 bits per heavy atom. The molecule has 0 spiro atoms. The zero-order valence-electron chi connectivity index (χ0n) is 23.0. The van der Waals surface area contributed by atoms with Gasteiger partial charge in [-0.25, -0.2) is 13.4 Å². The van der Waals surface area contributed by atoms with Crippen molar-refractivity contribution >= 4 is 43.8 Å². The molecule has 2 aromatic carbocycles. The van der Waals surface area contributed by atoms with E-state index in [4.69, 9.17) is 4.74 Å². The molecule has 1 N–H and O–H groups in total. The third-order valence-corrected chi connectivity index (χ3v) is 10.2. The summed E-state index contributed by atoms with van der Waals surface area (Å²) in [5.74, 6) is -0.674. The van der Waals surface area contributed by atoms with E-state index in [9.17, 15) is 18.0 Å². The fourth-order valence-electron chi connectivity index (χ4n) is 5.05. The van der Waals surface area contributed by atoms with Gasteiger partial charge in [-0.1, -0.05) is 18.2 Å². The Labute approximate surface area is 239 Å². The molecule has 9 nitrogen and oxygen atoms in total. The molecule has 1 aromatic heterocycles. The van der Waals surface area contributed by atoms with Crippen LogP contribution in [0.1, 0.15) is 44.5 Å². The molecule has 2 amide bonds. The second kappa shape index (κ2) is 11.3. The number of ether oxygens (including phenoxy) is 1. The number of hydrogen-bond donors (Lipinski definition) is 1. The topological polar surface area (TPSA) is 109 Å². The maximum absolute atomic E-state index is 13.2. The summed E-state index contributed by atoms with van der Waals surface area (Å²) < 4.78 is 31.0. The zero-order chi connectivity index (χ0) is 28.6. The average Bonchev–Trinajstić information content (AvgIpc) is 3.36. The van der Waals surface area contributed by atoms with Crippen LogP contribution in [0.2, 0.25) is 0 Å². The summed E-state index contributed by atoms with van der Waals surface area (Å²) in [6.45, 7) is 9.42. The van der Waals surface area contributed by atoms with Crippen molar-refractivity contribution in [1.29, 1.82) is 0 Å². The van der Waals surface area contributed by atoms with Crippen LogP contribution in [0.5, 0.6) is 0 Å². The minimum absolute atomic E-state index is 0.104. The van der Waals surface area contributed by atoms with Crippen molar-refractivity contribution in [1.82, 2.24) is 9.88 Å². The number of nitrogens with one attached hydrogen (secondary N) is 1. The van der Waals surface area contributed by atoms with Gasteiger partial charge in [-0.3, -0.25) is 9.59 Å². The van der Waals surface area contributed by atoms with Crippen molar-refractivity contribution in [3.05, 3.63) is 59.5 Å². The highest BCUT2D eigenvalue weighted by Crippen LogP contribution is 2.30. The molecule has 0 saturated carbocycles. The molecule has 2 aliphatic rings. The summed E-state index contributed by atoms with van der Waals surface area (Å²) in [7, 11) is -3.52. The standard InChI is InChI=1S/C29H34N4O5S2/c1-18(2)40(36,37)24-10-6-8-22(14-24)28(35)33-12-11-26(33)27(34)31-29-30-25(17-39-29)21-7-5-9-23(13-21)32-15-19(3)38-20(4)16-32/h5-10,13-14,17-20,26H,11-12,15-16H2,1-4H3,(H,30,31,34)/t19-,20+,26-/m0/s1. The van der Waals surface area contributed by atoms with Crippen LogP contribution in [0.3, 0.4) is 0 Å². The van der Waals surface area contributed by atoms with E-state index in [2.05, 4.69) is 41.2 Å². The van der Waals surface area contributed by atoms with Crippen molar-refractivity contribution in [2.45, 2.75) is 62.5 Å². The number of sulfone groups is 1.